The monoisotopic (exact) mass is 422 g/mol. The predicted octanol–water partition coefficient (Wildman–Crippen LogP) is 4.38. The number of hydrogen-bond donors (Lipinski definition) is 3. The second kappa shape index (κ2) is 8.79. The van der Waals surface area contributed by atoms with Gasteiger partial charge in [0.1, 0.15) is 5.69 Å². The first-order chi connectivity index (χ1) is 14.6. The summed E-state index contributed by atoms with van der Waals surface area (Å²) in [6, 6.07) is 12.7. The number of hydrogen-bond acceptors (Lipinski definition) is 7. The Labute approximate surface area is 177 Å². The van der Waals surface area contributed by atoms with Crippen LogP contribution in [0, 0.1) is 0 Å². The van der Waals surface area contributed by atoms with Gasteiger partial charge in [0, 0.05) is 30.0 Å². The molecule has 0 saturated heterocycles. The normalized spacial score (nSPS) is 10.7. The highest BCUT2D eigenvalue weighted by Gasteiger charge is 2.13. The number of amides is 1. The fraction of sp³-hybridized carbons (Fsp3) is 0.143. The highest BCUT2D eigenvalue weighted by Crippen LogP contribution is 2.29. The van der Waals surface area contributed by atoms with E-state index in [1.807, 2.05) is 31.2 Å². The van der Waals surface area contributed by atoms with E-state index in [0.29, 0.717) is 41.0 Å². The summed E-state index contributed by atoms with van der Waals surface area (Å²) in [5, 5.41) is 19.2. The molecule has 0 aliphatic heterocycles. The Morgan fingerprint density at radius 2 is 1.90 bits per heavy atom. The summed E-state index contributed by atoms with van der Waals surface area (Å²) in [7, 11) is 0. The first kappa shape index (κ1) is 19.7. The lowest BCUT2D eigenvalue weighted by Gasteiger charge is -2.10. The minimum atomic E-state index is -0.204. The number of carbonyl (C=O) groups excluding carboxylic acids is 1. The van der Waals surface area contributed by atoms with Crippen LogP contribution in [0.3, 0.4) is 0 Å². The van der Waals surface area contributed by atoms with Gasteiger partial charge in [-0.2, -0.15) is 0 Å². The second-order valence-electron chi connectivity index (χ2n) is 6.45. The number of nitrogens with one attached hydrogen (secondary N) is 3. The third-order valence-electron chi connectivity index (χ3n) is 4.35. The fourth-order valence-corrected chi connectivity index (χ4v) is 3.03. The molecule has 0 radical (unpaired) electrons. The number of anilines is 3. The summed E-state index contributed by atoms with van der Waals surface area (Å²) >= 11 is 5.94. The minimum Gasteiger partial charge on any atom is -0.460 e. The zero-order chi connectivity index (χ0) is 20.9. The Kier molecular flexibility index (Phi) is 5.76. The first-order valence-electron chi connectivity index (χ1n) is 9.37. The molecule has 0 unspecified atom stereocenters. The van der Waals surface area contributed by atoms with Gasteiger partial charge in [-0.25, -0.2) is 0 Å². The van der Waals surface area contributed by atoms with Crippen LogP contribution >= 0.6 is 11.6 Å². The van der Waals surface area contributed by atoms with Crippen LogP contribution in [0.5, 0.6) is 0 Å². The molecule has 4 aromatic rings. The zero-order valence-electron chi connectivity index (χ0n) is 16.1. The van der Waals surface area contributed by atoms with Gasteiger partial charge in [0.25, 0.3) is 5.91 Å². The third kappa shape index (κ3) is 4.33. The van der Waals surface area contributed by atoms with E-state index in [-0.39, 0.29) is 5.91 Å². The van der Waals surface area contributed by atoms with Gasteiger partial charge in [0.05, 0.1) is 11.6 Å². The van der Waals surface area contributed by atoms with Crippen molar-refractivity contribution in [2.24, 2.45) is 0 Å². The SMILES string of the molecule is CCNC(=O)c1cc(CNc2nnc(Nc3ccc(Cl)cc3)c3ccoc23)ccn1. The van der Waals surface area contributed by atoms with Crippen LogP contribution in [0.4, 0.5) is 17.3 Å². The van der Waals surface area contributed by atoms with E-state index in [1.54, 1.807) is 30.7 Å². The van der Waals surface area contributed by atoms with E-state index in [0.717, 1.165) is 16.6 Å². The summed E-state index contributed by atoms with van der Waals surface area (Å²) in [4.78, 5) is 16.1. The minimum absolute atomic E-state index is 0.204. The Morgan fingerprint density at radius 1 is 1.10 bits per heavy atom. The van der Waals surface area contributed by atoms with Gasteiger partial charge in [-0.3, -0.25) is 9.78 Å². The van der Waals surface area contributed by atoms with E-state index in [2.05, 4.69) is 31.1 Å². The maximum atomic E-state index is 12.0. The summed E-state index contributed by atoms with van der Waals surface area (Å²) in [5.74, 6) is 0.882. The number of rotatable bonds is 7. The zero-order valence-corrected chi connectivity index (χ0v) is 16.9. The van der Waals surface area contributed by atoms with Gasteiger partial charge in [-0.15, -0.1) is 10.2 Å². The molecule has 8 nitrogen and oxygen atoms in total. The largest absolute Gasteiger partial charge is 0.460 e. The standard InChI is InChI=1S/C21H19ClN6O2/c1-2-23-21(29)17-11-13(7-9-24-17)12-25-20-18-16(8-10-30-18)19(27-28-20)26-15-5-3-14(22)4-6-15/h3-11H,2,12H2,1H3,(H,23,29)(H,25,28)(H,26,27). The molecule has 0 aliphatic rings. The third-order valence-corrected chi connectivity index (χ3v) is 4.60. The number of benzene rings is 1. The van der Waals surface area contributed by atoms with Gasteiger partial charge in [0.15, 0.2) is 17.2 Å². The van der Waals surface area contributed by atoms with Crippen LogP contribution in [0.25, 0.3) is 11.0 Å². The van der Waals surface area contributed by atoms with Crippen molar-refractivity contribution in [1.82, 2.24) is 20.5 Å². The summed E-state index contributed by atoms with van der Waals surface area (Å²) in [6.07, 6.45) is 3.20. The molecule has 0 atom stereocenters. The van der Waals surface area contributed by atoms with Gasteiger partial charge in [0.2, 0.25) is 0 Å². The van der Waals surface area contributed by atoms with Crippen molar-refractivity contribution in [2.75, 3.05) is 17.2 Å². The molecule has 3 aromatic heterocycles. The van der Waals surface area contributed by atoms with Crippen molar-refractivity contribution in [3.8, 4) is 0 Å². The number of aromatic nitrogens is 3. The molecule has 0 bridgehead atoms. The topological polar surface area (TPSA) is 105 Å². The molecule has 4 rings (SSSR count). The fourth-order valence-electron chi connectivity index (χ4n) is 2.90. The van der Waals surface area contributed by atoms with Crippen molar-refractivity contribution >= 4 is 45.8 Å². The lowest BCUT2D eigenvalue weighted by Crippen LogP contribution is -2.23. The summed E-state index contributed by atoms with van der Waals surface area (Å²) < 4.78 is 5.63. The lowest BCUT2D eigenvalue weighted by atomic mass is 10.2. The molecular weight excluding hydrogens is 404 g/mol. The number of furan rings is 1. The average molecular weight is 423 g/mol. The van der Waals surface area contributed by atoms with Crippen LogP contribution in [0.1, 0.15) is 23.0 Å². The second-order valence-corrected chi connectivity index (χ2v) is 6.89. The molecule has 1 amide bonds. The first-order valence-corrected chi connectivity index (χ1v) is 9.75. The van der Waals surface area contributed by atoms with Gasteiger partial charge >= 0.3 is 0 Å². The molecule has 0 aliphatic carbocycles. The lowest BCUT2D eigenvalue weighted by molar-refractivity contribution is 0.0950. The van der Waals surface area contributed by atoms with Crippen molar-refractivity contribution in [3.05, 3.63) is 71.2 Å². The van der Waals surface area contributed by atoms with Gasteiger partial charge in [-0.1, -0.05) is 11.6 Å². The van der Waals surface area contributed by atoms with Crippen LogP contribution in [-0.2, 0) is 6.54 Å². The van der Waals surface area contributed by atoms with Crippen molar-refractivity contribution in [1.29, 1.82) is 0 Å². The summed E-state index contributed by atoms with van der Waals surface area (Å²) in [5.41, 5.74) is 2.68. The molecule has 9 heteroatoms. The maximum Gasteiger partial charge on any atom is 0.269 e. The Balaban J connectivity index is 1.52. The van der Waals surface area contributed by atoms with E-state index in [9.17, 15) is 4.79 Å². The van der Waals surface area contributed by atoms with Crippen molar-refractivity contribution < 1.29 is 9.21 Å². The number of nitrogens with zero attached hydrogens (tertiary/aromatic N) is 3. The number of carbonyl (C=O) groups is 1. The highest BCUT2D eigenvalue weighted by molar-refractivity contribution is 6.30. The maximum absolute atomic E-state index is 12.0. The molecule has 3 N–H and O–H groups in total. The van der Waals surface area contributed by atoms with E-state index < -0.39 is 0 Å². The van der Waals surface area contributed by atoms with Crippen molar-refractivity contribution in [2.45, 2.75) is 13.5 Å². The quantitative estimate of drug-likeness (QED) is 0.406. The smallest absolute Gasteiger partial charge is 0.269 e. The van der Waals surface area contributed by atoms with Gasteiger partial charge < -0.3 is 20.4 Å². The number of pyridine rings is 1. The Morgan fingerprint density at radius 3 is 2.70 bits per heavy atom. The Bertz CT molecular complexity index is 1180. The van der Waals surface area contributed by atoms with Gasteiger partial charge in [-0.05, 0) is 55.0 Å². The molecule has 152 valence electrons. The number of halogens is 1. The molecule has 0 saturated carbocycles. The van der Waals surface area contributed by atoms with Crippen LogP contribution in [0.15, 0.2) is 59.3 Å². The van der Waals surface area contributed by atoms with E-state index in [4.69, 9.17) is 16.0 Å². The van der Waals surface area contributed by atoms with Crippen LogP contribution < -0.4 is 16.0 Å². The van der Waals surface area contributed by atoms with Crippen molar-refractivity contribution in [3.63, 3.8) is 0 Å². The molecule has 0 spiro atoms. The molecular formula is C21H19ClN6O2. The Hall–Kier alpha value is -3.65. The summed E-state index contributed by atoms with van der Waals surface area (Å²) in [6.45, 7) is 2.84. The predicted molar refractivity (Wildman–Crippen MR) is 116 cm³/mol. The molecule has 1 aromatic carbocycles. The number of fused-ring (bicyclic) bond motifs is 1. The molecule has 0 fully saturated rings. The van der Waals surface area contributed by atoms with E-state index >= 15 is 0 Å². The van der Waals surface area contributed by atoms with Crippen LogP contribution in [0.2, 0.25) is 5.02 Å². The van der Waals surface area contributed by atoms with E-state index in [1.165, 1.54) is 0 Å². The average Bonchev–Trinajstić information content (AvgIpc) is 3.26. The molecule has 3 heterocycles. The van der Waals surface area contributed by atoms with Crippen LogP contribution in [-0.4, -0.2) is 27.6 Å². The molecule has 30 heavy (non-hydrogen) atoms. The highest BCUT2D eigenvalue weighted by atomic mass is 35.5.